The smallest absolute Gasteiger partial charge is 0.0817 e. The molecule has 0 N–H and O–H groups in total. The predicted octanol–water partition coefficient (Wildman–Crippen LogP) is 3.88. The van der Waals surface area contributed by atoms with Crippen LogP contribution in [0.15, 0.2) is 41.4 Å². The minimum absolute atomic E-state index is 0.887. The van der Waals surface area contributed by atoms with Crippen molar-refractivity contribution in [3.05, 3.63) is 42.0 Å². The molecule has 0 aliphatic rings. The van der Waals surface area contributed by atoms with Gasteiger partial charge in [0.1, 0.15) is 0 Å². The van der Waals surface area contributed by atoms with Gasteiger partial charge in [-0.25, -0.2) is 0 Å². The van der Waals surface area contributed by atoms with Gasteiger partial charge >= 0.3 is 0 Å². The van der Waals surface area contributed by atoms with Gasteiger partial charge in [0.15, 0.2) is 0 Å². The molecule has 0 amide bonds. The molecule has 0 saturated carbocycles. The van der Waals surface area contributed by atoms with Crippen molar-refractivity contribution >= 4 is 33.8 Å². The highest BCUT2D eigenvalue weighted by molar-refractivity contribution is 7.78. The van der Waals surface area contributed by atoms with Gasteiger partial charge in [0.25, 0.3) is 0 Å². The largest absolute Gasteiger partial charge is 0.194 e. The molecular formula is C12H9NS. The summed E-state index contributed by atoms with van der Waals surface area (Å²) in [5, 5.41) is 4.71. The van der Waals surface area contributed by atoms with Crippen molar-refractivity contribution in [2.75, 3.05) is 0 Å². The molecule has 0 radical (unpaired) electrons. The first-order valence-corrected chi connectivity index (χ1v) is 4.79. The zero-order valence-electron chi connectivity index (χ0n) is 7.82. The molecule has 0 aromatic heterocycles. The Labute approximate surface area is 88.1 Å². The molecule has 0 spiro atoms. The molecule has 2 heteroatoms. The van der Waals surface area contributed by atoms with E-state index in [1.807, 2.05) is 12.1 Å². The van der Waals surface area contributed by atoms with Gasteiger partial charge in [0.05, 0.1) is 10.8 Å². The number of nitrogens with zero attached hydrogens (tertiary/aromatic N) is 1. The van der Waals surface area contributed by atoms with Crippen molar-refractivity contribution < 1.29 is 0 Å². The summed E-state index contributed by atoms with van der Waals surface area (Å²) >= 11 is 4.61. The van der Waals surface area contributed by atoms with Crippen molar-refractivity contribution in [3.8, 4) is 0 Å². The summed E-state index contributed by atoms with van der Waals surface area (Å²) in [5.74, 6) is 0. The monoisotopic (exact) mass is 199 g/mol. The molecule has 0 atom stereocenters. The Morgan fingerprint density at radius 1 is 1.21 bits per heavy atom. The fourth-order valence-corrected chi connectivity index (χ4v) is 1.63. The number of isothiocyanates is 1. The van der Waals surface area contributed by atoms with Gasteiger partial charge in [-0.15, -0.1) is 0 Å². The summed E-state index contributed by atoms with van der Waals surface area (Å²) in [5.41, 5.74) is 2.14. The van der Waals surface area contributed by atoms with E-state index in [0.717, 1.165) is 11.1 Å². The highest BCUT2D eigenvalue weighted by Gasteiger charge is 1.98. The van der Waals surface area contributed by atoms with Crippen LogP contribution >= 0.6 is 12.2 Å². The van der Waals surface area contributed by atoms with Crippen LogP contribution in [0, 0.1) is 6.92 Å². The summed E-state index contributed by atoms with van der Waals surface area (Å²) in [6.07, 6.45) is 0. The van der Waals surface area contributed by atoms with E-state index in [1.54, 1.807) is 0 Å². The minimum Gasteiger partial charge on any atom is -0.194 e. The molecule has 1 nitrogen and oxygen atoms in total. The second-order valence-electron chi connectivity index (χ2n) is 3.20. The van der Waals surface area contributed by atoms with Gasteiger partial charge in [-0.1, -0.05) is 35.9 Å². The van der Waals surface area contributed by atoms with Crippen molar-refractivity contribution in [2.45, 2.75) is 6.92 Å². The Morgan fingerprint density at radius 2 is 2.07 bits per heavy atom. The maximum absolute atomic E-state index is 4.61. The fourth-order valence-electron chi connectivity index (χ4n) is 1.53. The second kappa shape index (κ2) is 3.70. The fraction of sp³-hybridized carbons (Fsp3) is 0.0833. The molecule has 0 unspecified atom stereocenters. The van der Waals surface area contributed by atoms with Crippen molar-refractivity contribution in [1.29, 1.82) is 0 Å². The normalized spacial score (nSPS) is 9.79. The first-order chi connectivity index (χ1) is 6.81. The van der Waals surface area contributed by atoms with Gasteiger partial charge in [0.2, 0.25) is 0 Å². The van der Waals surface area contributed by atoms with Crippen LogP contribution in [0.5, 0.6) is 0 Å². The van der Waals surface area contributed by atoms with Gasteiger partial charge in [-0.05, 0) is 30.6 Å². The van der Waals surface area contributed by atoms with E-state index in [-0.39, 0.29) is 0 Å². The molecular weight excluding hydrogens is 190 g/mol. The first-order valence-electron chi connectivity index (χ1n) is 4.38. The maximum Gasteiger partial charge on any atom is 0.0817 e. The van der Waals surface area contributed by atoms with E-state index >= 15 is 0 Å². The number of fused-ring (bicyclic) bond motifs is 1. The second-order valence-corrected chi connectivity index (χ2v) is 3.39. The average Bonchev–Trinajstić information content (AvgIpc) is 2.18. The number of benzene rings is 2. The predicted molar refractivity (Wildman–Crippen MR) is 63.4 cm³/mol. The number of hydrogen-bond acceptors (Lipinski definition) is 2. The number of aliphatic imine (C=N–C) groups is 1. The van der Waals surface area contributed by atoms with E-state index in [1.165, 1.54) is 10.9 Å². The van der Waals surface area contributed by atoms with Crippen LogP contribution in [0.25, 0.3) is 10.8 Å². The van der Waals surface area contributed by atoms with Gasteiger partial charge in [0, 0.05) is 5.39 Å². The molecule has 68 valence electrons. The standard InChI is InChI=1S/C12H9NS/c1-9-5-6-11-10(7-9)3-2-4-12(11)13-8-14/h2-7H,1H3. The highest BCUT2D eigenvalue weighted by Crippen LogP contribution is 2.25. The highest BCUT2D eigenvalue weighted by atomic mass is 32.1. The molecule has 2 aromatic carbocycles. The number of thiocarbonyl (C=S) groups is 1. The summed E-state index contributed by atoms with van der Waals surface area (Å²) in [6, 6.07) is 12.3. The van der Waals surface area contributed by atoms with Crippen LogP contribution in [-0.2, 0) is 0 Å². The van der Waals surface area contributed by atoms with E-state index in [4.69, 9.17) is 0 Å². The van der Waals surface area contributed by atoms with Crippen molar-refractivity contribution in [3.63, 3.8) is 0 Å². The molecule has 0 bridgehead atoms. The third kappa shape index (κ3) is 1.58. The molecule has 0 aliphatic heterocycles. The molecule has 2 aromatic rings. The molecule has 0 saturated heterocycles. The number of aryl methyl sites for hydroxylation is 1. The molecule has 0 fully saturated rings. The maximum atomic E-state index is 4.61. The lowest BCUT2D eigenvalue weighted by molar-refractivity contribution is 1.50. The average molecular weight is 199 g/mol. The lowest BCUT2D eigenvalue weighted by atomic mass is 10.1. The van der Waals surface area contributed by atoms with Gasteiger partial charge < -0.3 is 0 Å². The molecule has 0 heterocycles. The molecule has 0 aliphatic carbocycles. The quantitative estimate of drug-likeness (QED) is 0.501. The Bertz CT molecular complexity index is 525. The van der Waals surface area contributed by atoms with Crippen LogP contribution in [0.4, 0.5) is 5.69 Å². The summed E-state index contributed by atoms with van der Waals surface area (Å²) < 4.78 is 0. The Morgan fingerprint density at radius 3 is 2.86 bits per heavy atom. The topological polar surface area (TPSA) is 12.4 Å². The van der Waals surface area contributed by atoms with E-state index in [0.29, 0.717) is 0 Å². The van der Waals surface area contributed by atoms with Crippen molar-refractivity contribution in [1.82, 2.24) is 0 Å². The zero-order chi connectivity index (χ0) is 9.97. The lowest BCUT2D eigenvalue weighted by Gasteiger charge is -2.01. The summed E-state index contributed by atoms with van der Waals surface area (Å²) in [4.78, 5) is 4.03. The molecule has 14 heavy (non-hydrogen) atoms. The van der Waals surface area contributed by atoms with Crippen LogP contribution < -0.4 is 0 Å². The van der Waals surface area contributed by atoms with Gasteiger partial charge in [-0.3, -0.25) is 0 Å². The number of rotatable bonds is 1. The van der Waals surface area contributed by atoms with Gasteiger partial charge in [-0.2, -0.15) is 4.99 Å². The number of hydrogen-bond donors (Lipinski definition) is 0. The Balaban J connectivity index is 2.81. The van der Waals surface area contributed by atoms with Crippen LogP contribution in [0.2, 0.25) is 0 Å². The van der Waals surface area contributed by atoms with Crippen molar-refractivity contribution in [2.24, 2.45) is 4.99 Å². The first kappa shape index (κ1) is 9.07. The van der Waals surface area contributed by atoms with Crippen LogP contribution in [0.1, 0.15) is 5.56 Å². The Hall–Kier alpha value is -1.50. The summed E-state index contributed by atoms with van der Waals surface area (Å²) in [7, 11) is 0. The van der Waals surface area contributed by atoms with E-state index < -0.39 is 0 Å². The molecule has 2 rings (SSSR count). The Kier molecular flexibility index (Phi) is 2.40. The zero-order valence-corrected chi connectivity index (χ0v) is 8.64. The summed E-state index contributed by atoms with van der Waals surface area (Å²) in [6.45, 7) is 2.08. The minimum atomic E-state index is 0.887. The van der Waals surface area contributed by atoms with E-state index in [2.05, 4.69) is 53.6 Å². The lowest BCUT2D eigenvalue weighted by Crippen LogP contribution is -1.75. The third-order valence-electron chi connectivity index (χ3n) is 2.18. The third-order valence-corrected chi connectivity index (χ3v) is 2.27. The van der Waals surface area contributed by atoms with E-state index in [9.17, 15) is 0 Å². The SMILES string of the molecule is Cc1ccc2c(N=C=S)cccc2c1. The van der Waals surface area contributed by atoms with Crippen LogP contribution in [0.3, 0.4) is 0 Å². The van der Waals surface area contributed by atoms with Crippen LogP contribution in [-0.4, -0.2) is 5.16 Å².